The second-order valence-corrected chi connectivity index (χ2v) is 6.08. The Kier molecular flexibility index (Phi) is 1.83. The van der Waals surface area contributed by atoms with Crippen molar-refractivity contribution >= 4 is 17.7 Å². The van der Waals surface area contributed by atoms with Crippen LogP contribution in [-0.2, 0) is 0 Å². The minimum Gasteiger partial charge on any atom is -0.325 e. The molecular formula is C13H18N4O. The maximum absolute atomic E-state index is 12.4. The predicted octanol–water partition coefficient (Wildman–Crippen LogP) is 2.03. The van der Waals surface area contributed by atoms with Crippen LogP contribution in [0.1, 0.15) is 51.4 Å². The first-order valence-electron chi connectivity index (χ1n) is 6.99. The maximum Gasteiger partial charge on any atom is 0.324 e. The van der Waals surface area contributed by atoms with Crippen molar-refractivity contribution in [3.63, 3.8) is 0 Å². The molecule has 4 aliphatic rings. The molecule has 3 fully saturated rings. The number of amides is 2. The van der Waals surface area contributed by atoms with Gasteiger partial charge in [-0.25, -0.2) is 9.79 Å². The first-order valence-corrected chi connectivity index (χ1v) is 6.99. The number of nitrogens with one attached hydrogen (secondary N) is 2. The number of fused-ring (bicyclic) bond motifs is 3. The lowest BCUT2D eigenvalue weighted by Gasteiger charge is -2.31. The van der Waals surface area contributed by atoms with Crippen molar-refractivity contribution < 1.29 is 4.79 Å². The molecule has 96 valence electrons. The summed E-state index contributed by atoms with van der Waals surface area (Å²) in [5.41, 5.74) is -0.638. The highest BCUT2D eigenvalue weighted by Crippen LogP contribution is 2.47. The zero-order valence-electron chi connectivity index (χ0n) is 10.5. The van der Waals surface area contributed by atoms with E-state index in [1.807, 2.05) is 4.90 Å². The molecule has 2 N–H and O–H groups in total. The fraction of sp³-hybridized carbons (Fsp3) is 0.769. The summed E-state index contributed by atoms with van der Waals surface area (Å²) >= 11 is 0. The fourth-order valence-electron chi connectivity index (χ4n) is 4.24. The maximum atomic E-state index is 12.4. The molecule has 0 radical (unpaired) electrons. The number of rotatable bonds is 0. The van der Waals surface area contributed by atoms with Crippen LogP contribution in [-0.4, -0.2) is 33.7 Å². The van der Waals surface area contributed by atoms with Gasteiger partial charge in [0.05, 0.1) is 0 Å². The molecule has 4 rings (SSSR count). The van der Waals surface area contributed by atoms with Crippen LogP contribution in [0.4, 0.5) is 4.79 Å². The van der Waals surface area contributed by atoms with Crippen LogP contribution in [0.5, 0.6) is 0 Å². The van der Waals surface area contributed by atoms with Crippen molar-refractivity contribution in [3.05, 3.63) is 0 Å². The average molecular weight is 246 g/mol. The van der Waals surface area contributed by atoms with Gasteiger partial charge in [0.1, 0.15) is 22.7 Å². The molecular weight excluding hydrogens is 228 g/mol. The van der Waals surface area contributed by atoms with E-state index in [4.69, 9.17) is 5.41 Å². The largest absolute Gasteiger partial charge is 0.325 e. The topological polar surface area (TPSA) is 68.5 Å². The Balaban J connectivity index is 1.81. The summed E-state index contributed by atoms with van der Waals surface area (Å²) in [7, 11) is 0. The lowest BCUT2D eigenvalue weighted by Crippen LogP contribution is -2.50. The minimum atomic E-state index is -0.397. The zero-order valence-corrected chi connectivity index (χ0v) is 10.5. The van der Waals surface area contributed by atoms with Gasteiger partial charge in [0, 0.05) is 0 Å². The Labute approximate surface area is 106 Å². The molecule has 2 heterocycles. The fourth-order valence-corrected chi connectivity index (χ4v) is 4.24. The number of carbonyl (C=O) groups is 1. The number of nitrogens with zero attached hydrogens (tertiary/aromatic N) is 2. The Hall–Kier alpha value is -1.39. The van der Waals surface area contributed by atoms with E-state index in [9.17, 15) is 4.79 Å². The summed E-state index contributed by atoms with van der Waals surface area (Å²) in [6.07, 6.45) is 8.27. The van der Waals surface area contributed by atoms with Crippen LogP contribution < -0.4 is 5.32 Å². The van der Waals surface area contributed by atoms with Gasteiger partial charge in [-0.2, -0.15) is 0 Å². The zero-order chi connectivity index (χ0) is 12.4. The van der Waals surface area contributed by atoms with Crippen LogP contribution in [0.3, 0.4) is 0 Å². The van der Waals surface area contributed by atoms with Crippen molar-refractivity contribution in [1.29, 1.82) is 5.41 Å². The Morgan fingerprint density at radius 3 is 2.39 bits per heavy atom. The predicted molar refractivity (Wildman–Crippen MR) is 67.9 cm³/mol. The van der Waals surface area contributed by atoms with Gasteiger partial charge in [0.15, 0.2) is 0 Å². The molecule has 0 aromatic rings. The van der Waals surface area contributed by atoms with Gasteiger partial charge in [0.25, 0.3) is 0 Å². The number of amidine groups is 2. The van der Waals surface area contributed by atoms with Crippen LogP contribution in [0.25, 0.3) is 0 Å². The highest BCUT2D eigenvalue weighted by molar-refractivity contribution is 6.21. The van der Waals surface area contributed by atoms with Gasteiger partial charge in [0.2, 0.25) is 0 Å². The van der Waals surface area contributed by atoms with E-state index in [1.54, 1.807) is 0 Å². The number of carbonyl (C=O) groups excluding carboxylic acids is 1. The van der Waals surface area contributed by atoms with Crippen molar-refractivity contribution in [2.24, 2.45) is 4.99 Å². The van der Waals surface area contributed by atoms with E-state index >= 15 is 0 Å². The molecule has 0 unspecified atom stereocenters. The van der Waals surface area contributed by atoms with Crippen LogP contribution >= 0.6 is 0 Å². The Bertz CT molecular complexity index is 469. The van der Waals surface area contributed by atoms with Crippen molar-refractivity contribution in [3.8, 4) is 0 Å². The molecule has 5 heteroatoms. The summed E-state index contributed by atoms with van der Waals surface area (Å²) in [6.45, 7) is 0. The van der Waals surface area contributed by atoms with Gasteiger partial charge in [-0.1, -0.05) is 25.7 Å². The first-order chi connectivity index (χ1) is 8.68. The number of hydrogen-bond donors (Lipinski definition) is 2. The molecule has 1 saturated heterocycles. The van der Waals surface area contributed by atoms with E-state index in [1.165, 1.54) is 0 Å². The third-order valence-corrected chi connectivity index (χ3v) is 5.16. The van der Waals surface area contributed by atoms with Gasteiger partial charge >= 0.3 is 6.03 Å². The molecule has 18 heavy (non-hydrogen) atoms. The summed E-state index contributed by atoms with van der Waals surface area (Å²) in [5, 5.41) is 11.4. The number of urea groups is 1. The molecule has 2 spiro atoms. The molecule has 2 aliphatic heterocycles. The molecule has 0 atom stereocenters. The van der Waals surface area contributed by atoms with E-state index < -0.39 is 5.54 Å². The van der Waals surface area contributed by atoms with E-state index in [2.05, 4.69) is 10.3 Å². The smallest absolute Gasteiger partial charge is 0.324 e. The molecule has 0 aromatic carbocycles. The average Bonchev–Trinajstić information content (AvgIpc) is 3.04. The van der Waals surface area contributed by atoms with Gasteiger partial charge in [-0.3, -0.25) is 10.3 Å². The van der Waals surface area contributed by atoms with Crippen molar-refractivity contribution in [2.75, 3.05) is 0 Å². The lowest BCUT2D eigenvalue weighted by atomic mass is 9.93. The second kappa shape index (κ2) is 3.13. The standard InChI is InChI=1S/C13H18N4O/c14-9-13(7-3-4-8-13)17-10(15-9)12(16-11(17)18)5-1-2-6-12/h14H,1-8H2,(H,16,18). The molecule has 5 nitrogen and oxygen atoms in total. The van der Waals surface area contributed by atoms with Gasteiger partial charge in [-0.05, 0) is 25.7 Å². The molecule has 0 bridgehead atoms. The van der Waals surface area contributed by atoms with Crippen LogP contribution in [0, 0.1) is 5.41 Å². The summed E-state index contributed by atoms with van der Waals surface area (Å²) < 4.78 is 0. The highest BCUT2D eigenvalue weighted by Gasteiger charge is 2.62. The summed E-state index contributed by atoms with van der Waals surface area (Å²) in [5.74, 6) is 1.29. The van der Waals surface area contributed by atoms with E-state index in [0.717, 1.165) is 57.2 Å². The molecule has 2 aliphatic carbocycles. The monoisotopic (exact) mass is 246 g/mol. The van der Waals surface area contributed by atoms with Gasteiger partial charge < -0.3 is 5.32 Å². The van der Waals surface area contributed by atoms with Crippen molar-refractivity contribution in [1.82, 2.24) is 10.2 Å². The van der Waals surface area contributed by atoms with E-state index in [-0.39, 0.29) is 11.6 Å². The van der Waals surface area contributed by atoms with Crippen LogP contribution in [0.15, 0.2) is 4.99 Å². The van der Waals surface area contributed by atoms with Crippen LogP contribution in [0.2, 0.25) is 0 Å². The lowest BCUT2D eigenvalue weighted by molar-refractivity contribution is 0.206. The SMILES string of the molecule is N=C1N=C2N(C(=O)NC23CCCC3)C12CCCC2. The normalized spacial score (nSPS) is 31.3. The third kappa shape index (κ3) is 1.02. The summed E-state index contributed by atoms with van der Waals surface area (Å²) in [4.78, 5) is 18.7. The van der Waals surface area contributed by atoms with Crippen molar-refractivity contribution in [2.45, 2.75) is 62.4 Å². The number of aliphatic imine (C=N–C) groups is 1. The Morgan fingerprint density at radius 2 is 1.72 bits per heavy atom. The summed E-state index contributed by atoms with van der Waals surface area (Å²) in [6, 6.07) is -0.0141. The molecule has 0 aromatic heterocycles. The Morgan fingerprint density at radius 1 is 1.11 bits per heavy atom. The second-order valence-electron chi connectivity index (χ2n) is 6.08. The molecule has 2 amide bonds. The third-order valence-electron chi connectivity index (χ3n) is 5.16. The first kappa shape index (κ1) is 10.5. The number of hydrogen-bond acceptors (Lipinski definition) is 2. The van der Waals surface area contributed by atoms with E-state index in [0.29, 0.717) is 5.84 Å². The van der Waals surface area contributed by atoms with Gasteiger partial charge in [-0.15, -0.1) is 0 Å². The molecule has 2 saturated carbocycles. The minimum absolute atomic E-state index is 0.0141. The highest BCUT2D eigenvalue weighted by atomic mass is 16.2. The quantitative estimate of drug-likeness (QED) is 0.674.